The highest BCUT2D eigenvalue weighted by Gasteiger charge is 2.52. The molecule has 36 heteroatoms. The van der Waals surface area contributed by atoms with Crippen molar-refractivity contribution in [2.24, 2.45) is 0 Å². The van der Waals surface area contributed by atoms with E-state index >= 15 is 0 Å². The molecule has 4 saturated heterocycles. The molecule has 0 saturated carbocycles. The topological polar surface area (TPSA) is 286 Å². The Bertz CT molecular complexity index is 6680. The number of nitrogens with one attached hydrogen (secondary N) is 1. The van der Waals surface area contributed by atoms with Crippen molar-refractivity contribution >= 4 is 90.8 Å². The molecular formula is C105H115BBr2ClF4N15O13. The summed E-state index contributed by atoms with van der Waals surface area (Å²) in [6.45, 7) is 31.1. The van der Waals surface area contributed by atoms with Crippen LogP contribution in [-0.4, -0.2) is 173 Å². The zero-order chi connectivity index (χ0) is 100. The van der Waals surface area contributed by atoms with Crippen molar-refractivity contribution in [2.45, 2.75) is 201 Å². The number of amides is 2. The maximum atomic E-state index is 13.6. The second-order valence-corrected chi connectivity index (χ2v) is 39.2. The van der Waals surface area contributed by atoms with E-state index in [4.69, 9.17) is 63.9 Å². The molecule has 12 heterocycles. The number of benzene rings is 7. The Kier molecular flexibility index (Phi) is 34.5. The van der Waals surface area contributed by atoms with E-state index in [0.29, 0.717) is 60.2 Å². The lowest BCUT2D eigenvalue weighted by atomic mass is 9.79. The van der Waals surface area contributed by atoms with Crippen LogP contribution < -0.4 is 39.2 Å². The van der Waals surface area contributed by atoms with Gasteiger partial charge in [-0.1, -0.05) is 72.3 Å². The first-order valence-electron chi connectivity index (χ1n) is 46.7. The summed E-state index contributed by atoms with van der Waals surface area (Å²) in [7, 11) is -0.369. The molecule has 141 heavy (non-hydrogen) atoms. The predicted molar refractivity (Wildman–Crippen MR) is 538 cm³/mol. The number of likely N-dealkylation sites (tertiary alicyclic amines) is 2. The molecule has 19 rings (SSSR count). The van der Waals surface area contributed by atoms with Gasteiger partial charge in [-0.3, -0.25) is 0 Å². The Morgan fingerprint density at radius 1 is 0.433 bits per heavy atom. The lowest BCUT2D eigenvalue weighted by Crippen LogP contribution is -2.44. The number of halogens is 7. The minimum absolute atomic E-state index is 0.0341. The van der Waals surface area contributed by atoms with Gasteiger partial charge in [0, 0.05) is 81.2 Å². The van der Waals surface area contributed by atoms with Gasteiger partial charge in [0.2, 0.25) is 17.6 Å². The fraction of sp³-hybridized carbons (Fsp3) is 0.352. The van der Waals surface area contributed by atoms with E-state index in [2.05, 4.69) is 77.5 Å². The number of carbonyl (C=O) groups excluding carboxylic acids is 2. The van der Waals surface area contributed by atoms with Gasteiger partial charge in [-0.25, -0.2) is 65.1 Å². The van der Waals surface area contributed by atoms with Crippen LogP contribution in [0.2, 0.25) is 5.15 Å². The van der Waals surface area contributed by atoms with Gasteiger partial charge < -0.3 is 67.4 Å². The van der Waals surface area contributed by atoms with Crippen molar-refractivity contribution in [3.05, 3.63) is 303 Å². The van der Waals surface area contributed by atoms with Crippen LogP contribution in [-0.2, 0) is 18.8 Å². The number of aromatic nitrogens is 12. The Balaban J connectivity index is 0.000000142. The van der Waals surface area contributed by atoms with Crippen LogP contribution in [0, 0.1) is 23.3 Å². The summed E-state index contributed by atoms with van der Waals surface area (Å²) >= 11 is 12.3. The quantitative estimate of drug-likeness (QED) is 0.0562. The molecule has 2 amide bonds. The highest BCUT2D eigenvalue weighted by Crippen LogP contribution is 2.38. The molecule has 0 bridgehead atoms. The first-order valence-corrected chi connectivity index (χ1v) is 48.6. The lowest BCUT2D eigenvalue weighted by Gasteiger charge is -2.33. The predicted octanol–water partition coefficient (Wildman–Crippen LogP) is 22.8. The fourth-order valence-electron chi connectivity index (χ4n) is 15.3. The van der Waals surface area contributed by atoms with Crippen LogP contribution in [0.25, 0.3) is 45.1 Å². The maximum absolute atomic E-state index is 13.6. The number of nitrogens with zero attached hydrogens (tertiary/aromatic N) is 14. The third-order valence-corrected chi connectivity index (χ3v) is 24.8. The van der Waals surface area contributed by atoms with Crippen molar-refractivity contribution in [2.75, 3.05) is 39.3 Å². The van der Waals surface area contributed by atoms with Crippen LogP contribution in [0.5, 0.6) is 34.9 Å². The first kappa shape index (κ1) is 104. The second-order valence-electron chi connectivity index (χ2n) is 37.2. The van der Waals surface area contributed by atoms with E-state index in [-0.39, 0.29) is 90.4 Å². The zero-order valence-corrected chi connectivity index (χ0v) is 84.9. The molecule has 0 unspecified atom stereocenters. The van der Waals surface area contributed by atoms with Crippen LogP contribution >= 0.6 is 43.5 Å². The van der Waals surface area contributed by atoms with Gasteiger partial charge in [-0.2, -0.15) is 5.10 Å². The number of hydrogen-bond donors (Lipinski definition) is 2. The monoisotopic (exact) mass is 2070 g/mol. The summed E-state index contributed by atoms with van der Waals surface area (Å²) in [6, 6.07) is 63.1. The van der Waals surface area contributed by atoms with E-state index in [1.807, 2.05) is 199 Å². The van der Waals surface area contributed by atoms with E-state index < -0.39 is 17.3 Å². The minimum atomic E-state index is -0.587. The van der Waals surface area contributed by atoms with Gasteiger partial charge in [0.1, 0.15) is 103 Å². The van der Waals surface area contributed by atoms with E-state index in [1.54, 1.807) is 120 Å². The van der Waals surface area contributed by atoms with E-state index in [1.165, 1.54) is 48.5 Å². The molecule has 0 spiro atoms. The Morgan fingerprint density at radius 3 is 1.11 bits per heavy atom. The molecule has 2 N–H and O–H groups in total. The Morgan fingerprint density at radius 2 is 0.752 bits per heavy atom. The second kappa shape index (κ2) is 46.8. The van der Waals surface area contributed by atoms with Crippen LogP contribution in [0.1, 0.15) is 182 Å². The number of aliphatic hydroxyl groups is 1. The standard InChI is InChI=1S/C30H33FN4O4.C25H25FN4O2.C22H34BNO5.C14H11BrFN3O.C8H9FO.C6H3BrClN3/c1-20(22-6-5-7-23(31)18-22)37-28-13-12-27-32-19-26(35(27)33-28)21-8-10-24(11-9-21)38-25-14-16-34(17-15-25)29(36)39-30(2,3)4;1-17(19-3-2-4-20(26)15-19)31-25-10-9-24-28-16-23(30(24)29-25)18-5-7-21(8-6-18)32-22-11-13-27-14-12-22;1-20(2,3)27-19(25)24-14-12-18(13-15-24)26-17-10-8-16(9-11-17)23-28-21(4,5)22(6,7)29-23;1-9(10-3-2-4-11(16)7-10)20-14-6-5-13-17-8-12(15)19(13)18-14;1-6(10)7-3-2-4-8(9)5-7;7-4-3-9-6-2-1-5(8)10-11(4)6/h5-13,18-20,25H,14-17H2,1-4H3;2-10,15-17,22,27H,11-14H2,1H3;8-11,18H,12-15H2,1-7H3;2-9H,1H3;2-6,10H,1H3;1-3H/t20-;17-;;9-;6-;/m11.11./s1. The first-order chi connectivity index (χ1) is 67.3. The van der Waals surface area contributed by atoms with Crippen molar-refractivity contribution in [1.29, 1.82) is 0 Å². The minimum Gasteiger partial charge on any atom is -0.490 e. The Hall–Kier alpha value is -12.8. The van der Waals surface area contributed by atoms with Gasteiger partial charge in [0.15, 0.2) is 22.6 Å². The molecule has 0 aliphatic carbocycles. The molecule has 4 aliphatic heterocycles. The number of fused-ring (bicyclic) bond motifs is 4. The Labute approximate surface area is 838 Å². The molecule has 0 radical (unpaired) electrons. The summed E-state index contributed by atoms with van der Waals surface area (Å²) in [6.07, 6.45) is 10.3. The molecule has 4 aliphatic rings. The number of aliphatic hydroxyl groups excluding tert-OH is 1. The van der Waals surface area contributed by atoms with Gasteiger partial charge >= 0.3 is 19.3 Å². The lowest BCUT2D eigenvalue weighted by molar-refractivity contribution is 0.00578. The largest absolute Gasteiger partial charge is 0.494 e. The van der Waals surface area contributed by atoms with Gasteiger partial charge in [0.05, 0.1) is 53.5 Å². The zero-order valence-electron chi connectivity index (χ0n) is 81.0. The highest BCUT2D eigenvalue weighted by molar-refractivity contribution is 9.10. The summed E-state index contributed by atoms with van der Waals surface area (Å²) in [5.41, 5.74) is 8.66. The summed E-state index contributed by atoms with van der Waals surface area (Å²) in [5.74, 6) is 2.59. The van der Waals surface area contributed by atoms with Crippen LogP contribution in [0.15, 0.2) is 252 Å². The van der Waals surface area contributed by atoms with Crippen molar-refractivity contribution in [3.63, 3.8) is 0 Å². The number of ether oxygens (including phenoxy) is 8. The molecule has 4 atom stereocenters. The molecule has 740 valence electrons. The van der Waals surface area contributed by atoms with Crippen molar-refractivity contribution in [3.8, 4) is 57.4 Å². The van der Waals surface area contributed by atoms with Gasteiger partial charge in [-0.05, 0) is 322 Å². The molecule has 15 aromatic rings. The number of carbonyl (C=O) groups is 2. The number of imidazole rings is 4. The van der Waals surface area contributed by atoms with Gasteiger partial charge in [0.25, 0.3) is 0 Å². The molecule has 28 nitrogen and oxygen atoms in total. The third kappa shape index (κ3) is 29.0. The van der Waals surface area contributed by atoms with Crippen LogP contribution in [0.4, 0.5) is 27.2 Å². The third-order valence-electron chi connectivity index (χ3n) is 23.5. The average molecular weight is 2080 g/mol. The van der Waals surface area contributed by atoms with Crippen molar-refractivity contribution < 1.29 is 79.5 Å². The molecule has 8 aromatic heterocycles. The summed E-state index contributed by atoms with van der Waals surface area (Å²) in [4.78, 5) is 45.1. The SMILES string of the molecule is CC(C)(C)OC(=O)N1CCC(Oc2ccc(B3OC(C)(C)C(C)(C)O3)cc2)CC1.C[C@@H](O)c1cccc(F)c1.C[C@@H](Oc1ccc2ncc(-c3ccc(OC4CCN(C(=O)OC(C)(C)C)CC4)cc3)n2n1)c1cccc(F)c1.C[C@@H](Oc1ccc2ncc(-c3ccc(OC4CCNCC4)cc3)n2n1)c1cccc(F)c1.C[C@@H](Oc1ccc2ncc(Br)n2n1)c1cccc(F)c1.Clc1ccc2ncc(Br)n2n1. The summed E-state index contributed by atoms with van der Waals surface area (Å²) < 4.78 is 120. The smallest absolute Gasteiger partial charge is 0.490 e. The summed E-state index contributed by atoms with van der Waals surface area (Å²) in [5, 5.41) is 30.3. The molecule has 7 aromatic carbocycles. The van der Waals surface area contributed by atoms with Crippen LogP contribution in [0.3, 0.4) is 0 Å². The van der Waals surface area contributed by atoms with Gasteiger partial charge in [-0.15, -0.1) is 15.3 Å². The van der Waals surface area contributed by atoms with E-state index in [0.717, 1.165) is 140 Å². The molecule has 4 fully saturated rings. The number of hydrogen-bond acceptors (Lipinski definition) is 22. The maximum Gasteiger partial charge on any atom is 0.494 e. The fourth-order valence-corrected chi connectivity index (χ4v) is 16.2. The normalized spacial score (nSPS) is 15.8. The number of rotatable bonds is 19. The van der Waals surface area contributed by atoms with Crippen molar-refractivity contribution in [1.82, 2.24) is 73.5 Å². The van der Waals surface area contributed by atoms with E-state index in [9.17, 15) is 27.2 Å². The average Bonchev–Trinajstić information content (AvgIpc) is 1.63. The number of piperidine rings is 3. The highest BCUT2D eigenvalue weighted by atomic mass is 79.9. The molecular weight excluding hydrogens is 1960 g/mol.